The maximum Gasteiger partial charge on any atom is 0.306 e. The van der Waals surface area contributed by atoms with E-state index in [1.165, 1.54) is 32.1 Å². The van der Waals surface area contributed by atoms with Crippen LogP contribution in [0.1, 0.15) is 142 Å². The van der Waals surface area contributed by atoms with Crippen molar-refractivity contribution in [3.63, 3.8) is 0 Å². The molecule has 2 unspecified atom stereocenters. The van der Waals surface area contributed by atoms with Gasteiger partial charge in [0.15, 0.2) is 6.10 Å². The van der Waals surface area contributed by atoms with E-state index in [4.69, 9.17) is 18.5 Å². The molecule has 0 aliphatic heterocycles. The second-order valence-electron chi connectivity index (χ2n) is 13.9. The van der Waals surface area contributed by atoms with Gasteiger partial charge >= 0.3 is 11.9 Å². The van der Waals surface area contributed by atoms with E-state index in [1.54, 1.807) is 0 Å². The molecule has 9 nitrogen and oxygen atoms in total. The molecule has 0 rings (SSSR count). The first-order valence-electron chi connectivity index (χ1n) is 19.3. The number of rotatable bonds is 34. The van der Waals surface area contributed by atoms with Crippen LogP contribution in [0.15, 0.2) is 48.6 Å². The number of carbonyl (C=O) groups is 2. The van der Waals surface area contributed by atoms with Crippen LogP contribution < -0.4 is 4.89 Å². The molecule has 0 aromatic heterocycles. The van der Waals surface area contributed by atoms with Crippen LogP contribution in [0.3, 0.4) is 0 Å². The molecular formula is C40H72NO8P. The highest BCUT2D eigenvalue weighted by molar-refractivity contribution is 7.45. The summed E-state index contributed by atoms with van der Waals surface area (Å²) in [6.45, 7) is 4.02. The minimum atomic E-state index is -4.63. The largest absolute Gasteiger partial charge is 0.756 e. The van der Waals surface area contributed by atoms with Crippen molar-refractivity contribution in [2.45, 2.75) is 148 Å². The Kier molecular flexibility index (Phi) is 31.5. The van der Waals surface area contributed by atoms with E-state index in [9.17, 15) is 19.0 Å². The van der Waals surface area contributed by atoms with Crippen molar-refractivity contribution in [2.24, 2.45) is 0 Å². The zero-order chi connectivity index (χ0) is 37.2. The number of nitrogens with zero attached hydrogens (tertiary/aromatic N) is 1. The fourth-order valence-electron chi connectivity index (χ4n) is 4.78. The van der Waals surface area contributed by atoms with Crippen molar-refractivity contribution >= 4 is 19.8 Å². The highest BCUT2D eigenvalue weighted by atomic mass is 31.2. The molecular weight excluding hydrogens is 653 g/mol. The molecule has 0 aliphatic carbocycles. The monoisotopic (exact) mass is 725 g/mol. The minimum Gasteiger partial charge on any atom is -0.756 e. The molecule has 0 N–H and O–H groups in total. The molecule has 0 saturated heterocycles. The Labute approximate surface area is 305 Å². The maximum atomic E-state index is 12.6. The predicted molar refractivity (Wildman–Crippen MR) is 203 cm³/mol. The summed E-state index contributed by atoms with van der Waals surface area (Å²) in [5, 5.41) is 0. The van der Waals surface area contributed by atoms with Crippen LogP contribution in [0.25, 0.3) is 0 Å². The topological polar surface area (TPSA) is 111 Å². The van der Waals surface area contributed by atoms with Crippen molar-refractivity contribution in [1.82, 2.24) is 0 Å². The number of phosphoric acid groups is 1. The van der Waals surface area contributed by atoms with Gasteiger partial charge in [0.25, 0.3) is 7.82 Å². The fourth-order valence-corrected chi connectivity index (χ4v) is 5.51. The molecule has 0 aliphatic rings. The highest BCUT2D eigenvalue weighted by Crippen LogP contribution is 2.38. The van der Waals surface area contributed by atoms with Crippen LogP contribution in [-0.2, 0) is 32.7 Å². The van der Waals surface area contributed by atoms with Crippen molar-refractivity contribution in [1.29, 1.82) is 0 Å². The molecule has 50 heavy (non-hydrogen) atoms. The summed E-state index contributed by atoms with van der Waals surface area (Å²) in [5.41, 5.74) is 0. The summed E-state index contributed by atoms with van der Waals surface area (Å²) in [6, 6.07) is 0. The smallest absolute Gasteiger partial charge is 0.306 e. The van der Waals surface area contributed by atoms with Crippen LogP contribution in [0.2, 0.25) is 0 Å². The van der Waals surface area contributed by atoms with E-state index < -0.39 is 32.5 Å². The molecule has 0 fully saturated rings. The Morgan fingerprint density at radius 1 is 0.640 bits per heavy atom. The first-order chi connectivity index (χ1) is 24.0. The summed E-state index contributed by atoms with van der Waals surface area (Å²) >= 11 is 0. The van der Waals surface area contributed by atoms with Gasteiger partial charge in [-0.05, 0) is 70.6 Å². The van der Waals surface area contributed by atoms with Crippen LogP contribution in [0.5, 0.6) is 0 Å². The minimum absolute atomic E-state index is 0.0396. The van der Waals surface area contributed by atoms with Crippen molar-refractivity contribution < 1.29 is 42.1 Å². The third-order valence-electron chi connectivity index (χ3n) is 7.83. The summed E-state index contributed by atoms with van der Waals surface area (Å²) in [5.74, 6) is -0.885. The van der Waals surface area contributed by atoms with Gasteiger partial charge in [0.1, 0.15) is 19.8 Å². The van der Waals surface area contributed by atoms with Crippen LogP contribution in [0.4, 0.5) is 0 Å². The number of allylic oxidation sites excluding steroid dienone is 8. The van der Waals surface area contributed by atoms with Gasteiger partial charge in [0.05, 0.1) is 27.7 Å². The van der Waals surface area contributed by atoms with E-state index in [2.05, 4.69) is 62.5 Å². The summed E-state index contributed by atoms with van der Waals surface area (Å²) in [6.07, 6.45) is 35.7. The number of phosphoric ester groups is 1. The van der Waals surface area contributed by atoms with Crippen LogP contribution in [-0.4, -0.2) is 70.0 Å². The molecule has 0 saturated carbocycles. The van der Waals surface area contributed by atoms with E-state index >= 15 is 0 Å². The standard InChI is InChI=1S/C40H72NO8P/c1-6-8-10-12-14-16-18-20-22-24-26-28-30-32-39(42)46-36-38(37-48-50(44,45)47-35-34-41(3,4)5)49-40(43)33-31-29-27-25-23-21-19-17-15-13-11-9-7-2/h9,11,15-18,21,23,38H,6-8,10,12-14,19-20,22,24-37H2,1-5H3/b11-9-,17-15-,18-16-,23-21-. The molecule has 0 radical (unpaired) electrons. The molecule has 10 heteroatoms. The average Bonchev–Trinajstić information content (AvgIpc) is 3.06. The summed E-state index contributed by atoms with van der Waals surface area (Å²) < 4.78 is 33.7. The number of carbonyl (C=O) groups excluding carboxylic acids is 2. The second kappa shape index (κ2) is 32.8. The Bertz CT molecular complexity index is 1000. The lowest BCUT2D eigenvalue weighted by atomic mass is 10.1. The van der Waals surface area contributed by atoms with Gasteiger partial charge in [-0.15, -0.1) is 0 Å². The molecule has 2 atom stereocenters. The molecule has 290 valence electrons. The Morgan fingerprint density at radius 3 is 1.74 bits per heavy atom. The van der Waals surface area contributed by atoms with E-state index in [1.807, 2.05) is 21.1 Å². The molecule has 0 aromatic carbocycles. The number of hydrogen-bond donors (Lipinski definition) is 0. The van der Waals surface area contributed by atoms with E-state index in [0.717, 1.165) is 70.6 Å². The van der Waals surface area contributed by atoms with Gasteiger partial charge < -0.3 is 27.9 Å². The zero-order valence-electron chi connectivity index (χ0n) is 32.3. The van der Waals surface area contributed by atoms with Gasteiger partial charge in [-0.25, -0.2) is 0 Å². The molecule has 0 spiro atoms. The normalized spacial score (nSPS) is 14.3. The Hall–Kier alpha value is -2.03. The number of ether oxygens (including phenoxy) is 2. The van der Waals surface area contributed by atoms with Gasteiger partial charge in [0.2, 0.25) is 0 Å². The van der Waals surface area contributed by atoms with Crippen LogP contribution >= 0.6 is 7.82 Å². The third-order valence-corrected chi connectivity index (χ3v) is 8.80. The molecule has 0 aromatic rings. The lowest BCUT2D eigenvalue weighted by Crippen LogP contribution is -2.37. The van der Waals surface area contributed by atoms with Gasteiger partial charge in [-0.3, -0.25) is 14.2 Å². The van der Waals surface area contributed by atoms with Crippen molar-refractivity contribution in [3.8, 4) is 0 Å². The molecule has 0 bridgehead atoms. The lowest BCUT2D eigenvalue weighted by Gasteiger charge is -2.28. The number of likely N-dealkylation sites (N-methyl/N-ethyl adjacent to an activating group) is 1. The lowest BCUT2D eigenvalue weighted by molar-refractivity contribution is -0.870. The Morgan fingerprint density at radius 2 is 1.14 bits per heavy atom. The Balaban J connectivity index is 4.51. The first-order valence-corrected chi connectivity index (χ1v) is 20.8. The zero-order valence-corrected chi connectivity index (χ0v) is 33.2. The third kappa shape index (κ3) is 35.8. The van der Waals surface area contributed by atoms with E-state index in [0.29, 0.717) is 23.9 Å². The molecule has 0 heterocycles. The summed E-state index contributed by atoms with van der Waals surface area (Å²) in [7, 11) is 1.13. The molecule has 0 amide bonds. The fraction of sp³-hybridized carbons (Fsp3) is 0.750. The summed E-state index contributed by atoms with van der Waals surface area (Å²) in [4.78, 5) is 37.3. The van der Waals surface area contributed by atoms with Crippen molar-refractivity contribution in [2.75, 3.05) is 47.5 Å². The van der Waals surface area contributed by atoms with Gasteiger partial charge in [0, 0.05) is 12.8 Å². The van der Waals surface area contributed by atoms with Crippen LogP contribution in [0, 0.1) is 0 Å². The predicted octanol–water partition coefficient (Wildman–Crippen LogP) is 9.72. The quantitative estimate of drug-likeness (QED) is 0.0212. The number of esters is 2. The maximum absolute atomic E-state index is 12.6. The highest BCUT2D eigenvalue weighted by Gasteiger charge is 2.21. The van der Waals surface area contributed by atoms with E-state index in [-0.39, 0.29) is 26.1 Å². The average molecular weight is 726 g/mol. The SMILES string of the molecule is CC/C=C\C/C=C\C/C=C\CCCCCC(=O)OC(COC(=O)CCCCCCC/C=C\CCCCCC)COP(=O)([O-])OCC[N+](C)(C)C. The second-order valence-corrected chi connectivity index (χ2v) is 15.3. The number of hydrogen-bond acceptors (Lipinski definition) is 8. The first kappa shape index (κ1) is 48.0. The van der Waals surface area contributed by atoms with Gasteiger partial charge in [-0.2, -0.15) is 0 Å². The number of unbranched alkanes of at least 4 members (excludes halogenated alkanes) is 12. The van der Waals surface area contributed by atoms with Crippen molar-refractivity contribution in [3.05, 3.63) is 48.6 Å². The van der Waals surface area contributed by atoms with Gasteiger partial charge in [-0.1, -0.05) is 107 Å². The number of quaternary nitrogens is 1.